The van der Waals surface area contributed by atoms with E-state index in [9.17, 15) is 10.1 Å². The second kappa shape index (κ2) is 8.76. The number of anilines is 2. The smallest absolute Gasteiger partial charge is 0.263 e. The van der Waals surface area contributed by atoms with E-state index in [4.69, 9.17) is 5.73 Å². The Morgan fingerprint density at radius 3 is 2.63 bits per heavy atom. The first kappa shape index (κ1) is 21.9. The molecule has 0 aliphatic heterocycles. The van der Waals surface area contributed by atoms with Gasteiger partial charge in [0, 0.05) is 30.2 Å². The molecule has 0 saturated carbocycles. The molecule has 0 radical (unpaired) electrons. The molecule has 5 aromatic rings. The minimum absolute atomic E-state index is 0.0947. The van der Waals surface area contributed by atoms with Crippen molar-refractivity contribution in [3.63, 3.8) is 0 Å². The molecule has 3 heterocycles. The van der Waals surface area contributed by atoms with Gasteiger partial charge >= 0.3 is 0 Å². The lowest BCUT2D eigenvalue weighted by Gasteiger charge is -2.22. The Balaban J connectivity index is 1.75. The van der Waals surface area contributed by atoms with Gasteiger partial charge in [-0.3, -0.25) is 14.0 Å². The first-order valence-corrected chi connectivity index (χ1v) is 11.0. The lowest BCUT2D eigenvalue weighted by atomic mass is 9.99. The van der Waals surface area contributed by atoms with Crippen LogP contribution in [-0.2, 0) is 7.05 Å². The zero-order valence-corrected chi connectivity index (χ0v) is 19.2. The van der Waals surface area contributed by atoms with Gasteiger partial charge in [-0.15, -0.1) is 0 Å². The van der Waals surface area contributed by atoms with Crippen LogP contribution in [0.5, 0.6) is 0 Å². The summed E-state index contributed by atoms with van der Waals surface area (Å²) in [5.41, 5.74) is 8.98. The molecular formula is C26H22N8O. The monoisotopic (exact) mass is 462 g/mol. The van der Waals surface area contributed by atoms with Gasteiger partial charge in [0.05, 0.1) is 17.6 Å². The molecule has 1 atom stereocenters. The molecule has 35 heavy (non-hydrogen) atoms. The van der Waals surface area contributed by atoms with E-state index in [1.54, 1.807) is 15.4 Å². The number of hydrogen-bond acceptors (Lipinski definition) is 7. The van der Waals surface area contributed by atoms with E-state index in [1.165, 1.54) is 6.33 Å². The molecule has 1 unspecified atom stereocenters. The molecule has 0 amide bonds. The minimum Gasteiger partial charge on any atom is -0.382 e. The SMILES string of the molecule is CC(Nc1ncnc(N)c1C#N)c1cc2cccc(-c3cnn(C)c3)c2c(=O)n1-c1ccccc1. The standard InChI is InChI=1S/C26H22N8O/c1-16(32-25-21(12-27)24(28)29-15-30-25)22-11-17-7-6-10-20(18-13-31-33(2)14-18)23(17)26(35)34(22)19-8-4-3-5-9-19/h3-11,13-16H,1-2H3,(H3,28,29,30,32). The number of aryl methyl sites for hydroxylation is 1. The Labute approximate surface area is 201 Å². The fraction of sp³-hybridized carbons (Fsp3) is 0.115. The maximum absolute atomic E-state index is 14.1. The summed E-state index contributed by atoms with van der Waals surface area (Å²) in [4.78, 5) is 22.2. The summed E-state index contributed by atoms with van der Waals surface area (Å²) in [7, 11) is 1.84. The summed E-state index contributed by atoms with van der Waals surface area (Å²) in [5, 5.41) is 18.5. The van der Waals surface area contributed by atoms with Gasteiger partial charge in [0.15, 0.2) is 0 Å². The predicted octanol–water partition coefficient (Wildman–Crippen LogP) is 3.81. The van der Waals surface area contributed by atoms with Crippen LogP contribution in [-0.4, -0.2) is 24.3 Å². The second-order valence-electron chi connectivity index (χ2n) is 8.18. The zero-order chi connectivity index (χ0) is 24.5. The van der Waals surface area contributed by atoms with E-state index in [0.717, 1.165) is 22.2 Å². The van der Waals surface area contributed by atoms with Crippen molar-refractivity contribution < 1.29 is 0 Å². The normalized spacial score (nSPS) is 11.8. The van der Waals surface area contributed by atoms with Gasteiger partial charge in [-0.2, -0.15) is 10.4 Å². The predicted molar refractivity (Wildman–Crippen MR) is 135 cm³/mol. The summed E-state index contributed by atoms with van der Waals surface area (Å²) in [5.74, 6) is 0.404. The fourth-order valence-corrected chi connectivity index (χ4v) is 4.24. The Morgan fingerprint density at radius 2 is 1.91 bits per heavy atom. The highest BCUT2D eigenvalue weighted by Gasteiger charge is 2.20. The summed E-state index contributed by atoms with van der Waals surface area (Å²) < 4.78 is 3.40. The Hall–Kier alpha value is -4.97. The van der Waals surface area contributed by atoms with Crippen LogP contribution in [0, 0.1) is 11.3 Å². The number of nitrogen functional groups attached to an aromatic ring is 1. The maximum Gasteiger partial charge on any atom is 0.263 e. The number of para-hydroxylation sites is 1. The largest absolute Gasteiger partial charge is 0.382 e. The van der Waals surface area contributed by atoms with Gasteiger partial charge < -0.3 is 11.1 Å². The van der Waals surface area contributed by atoms with Gasteiger partial charge in [-0.1, -0.05) is 36.4 Å². The Morgan fingerprint density at radius 1 is 1.11 bits per heavy atom. The third-order valence-corrected chi connectivity index (χ3v) is 5.89. The molecular weight excluding hydrogens is 440 g/mol. The van der Waals surface area contributed by atoms with Crippen LogP contribution < -0.4 is 16.6 Å². The van der Waals surface area contributed by atoms with Crippen molar-refractivity contribution in [1.29, 1.82) is 5.26 Å². The van der Waals surface area contributed by atoms with Crippen LogP contribution in [0.4, 0.5) is 11.6 Å². The molecule has 9 nitrogen and oxygen atoms in total. The van der Waals surface area contributed by atoms with Crippen molar-refractivity contribution in [3.8, 4) is 22.9 Å². The first-order chi connectivity index (χ1) is 17.0. The average molecular weight is 463 g/mol. The number of nitrogens with one attached hydrogen (secondary N) is 1. The van der Waals surface area contributed by atoms with Crippen molar-refractivity contribution >= 4 is 22.4 Å². The average Bonchev–Trinajstić information content (AvgIpc) is 3.30. The number of hydrogen-bond donors (Lipinski definition) is 2. The lowest BCUT2D eigenvalue weighted by molar-refractivity contribution is 0.768. The molecule has 3 N–H and O–H groups in total. The molecule has 2 aromatic carbocycles. The molecule has 172 valence electrons. The number of fused-ring (bicyclic) bond motifs is 1. The third kappa shape index (κ3) is 3.87. The van der Waals surface area contributed by atoms with Crippen LogP contribution in [0.25, 0.3) is 27.6 Å². The summed E-state index contributed by atoms with van der Waals surface area (Å²) in [6.07, 6.45) is 4.94. The van der Waals surface area contributed by atoms with E-state index in [0.29, 0.717) is 16.9 Å². The van der Waals surface area contributed by atoms with E-state index < -0.39 is 6.04 Å². The van der Waals surface area contributed by atoms with Crippen molar-refractivity contribution in [1.82, 2.24) is 24.3 Å². The summed E-state index contributed by atoms with van der Waals surface area (Å²) >= 11 is 0. The highest BCUT2D eigenvalue weighted by Crippen LogP contribution is 2.30. The second-order valence-corrected chi connectivity index (χ2v) is 8.18. The Bertz CT molecular complexity index is 1650. The highest BCUT2D eigenvalue weighted by molar-refractivity contribution is 5.96. The van der Waals surface area contributed by atoms with E-state index in [-0.39, 0.29) is 16.9 Å². The molecule has 3 aromatic heterocycles. The molecule has 0 saturated heterocycles. The minimum atomic E-state index is -0.393. The third-order valence-electron chi connectivity index (χ3n) is 5.89. The van der Waals surface area contributed by atoms with E-state index in [1.807, 2.05) is 80.8 Å². The van der Waals surface area contributed by atoms with Gasteiger partial charge in [-0.05, 0) is 36.1 Å². The number of aromatic nitrogens is 5. The topological polar surface area (TPSA) is 127 Å². The number of nitrogens with zero attached hydrogens (tertiary/aromatic N) is 6. The summed E-state index contributed by atoms with van der Waals surface area (Å²) in [6, 6.07) is 18.9. The molecule has 0 aliphatic rings. The molecule has 9 heteroatoms. The van der Waals surface area contributed by atoms with Gasteiger partial charge in [-0.25, -0.2) is 9.97 Å². The number of pyridine rings is 1. The van der Waals surface area contributed by atoms with Crippen LogP contribution in [0.3, 0.4) is 0 Å². The molecule has 0 bridgehead atoms. The number of benzene rings is 2. The van der Waals surface area contributed by atoms with Crippen LogP contribution >= 0.6 is 0 Å². The van der Waals surface area contributed by atoms with Crippen LogP contribution in [0.1, 0.15) is 24.2 Å². The van der Waals surface area contributed by atoms with E-state index in [2.05, 4.69) is 20.4 Å². The molecule has 0 aliphatic carbocycles. The Kier molecular flexibility index (Phi) is 5.47. The number of nitrogens with two attached hydrogens (primary N) is 1. The van der Waals surface area contributed by atoms with Crippen molar-refractivity contribution in [3.05, 3.63) is 94.9 Å². The van der Waals surface area contributed by atoms with Crippen molar-refractivity contribution in [2.45, 2.75) is 13.0 Å². The summed E-state index contributed by atoms with van der Waals surface area (Å²) in [6.45, 7) is 1.91. The van der Waals surface area contributed by atoms with Gasteiger partial charge in [0.1, 0.15) is 29.6 Å². The molecule has 0 spiro atoms. The molecule has 0 fully saturated rings. The molecule has 5 rings (SSSR count). The maximum atomic E-state index is 14.1. The van der Waals surface area contributed by atoms with E-state index >= 15 is 0 Å². The fourth-order valence-electron chi connectivity index (χ4n) is 4.24. The van der Waals surface area contributed by atoms with Crippen molar-refractivity contribution in [2.24, 2.45) is 7.05 Å². The number of nitriles is 1. The van der Waals surface area contributed by atoms with Crippen LogP contribution in [0.15, 0.2) is 78.1 Å². The number of rotatable bonds is 5. The quantitative estimate of drug-likeness (QED) is 0.406. The highest BCUT2D eigenvalue weighted by atomic mass is 16.1. The van der Waals surface area contributed by atoms with Gasteiger partial charge in [0.2, 0.25) is 0 Å². The van der Waals surface area contributed by atoms with Crippen molar-refractivity contribution in [2.75, 3.05) is 11.1 Å². The van der Waals surface area contributed by atoms with Gasteiger partial charge in [0.25, 0.3) is 5.56 Å². The first-order valence-electron chi connectivity index (χ1n) is 11.0. The van der Waals surface area contributed by atoms with Crippen LogP contribution in [0.2, 0.25) is 0 Å². The lowest BCUT2D eigenvalue weighted by Crippen LogP contribution is -2.26. The zero-order valence-electron chi connectivity index (χ0n) is 19.2.